The third-order valence-electron chi connectivity index (χ3n) is 5.49. The van der Waals surface area contributed by atoms with E-state index in [-0.39, 0.29) is 5.75 Å². The molecular formula is C24H30FN5O2. The molecule has 0 spiro atoms. The van der Waals surface area contributed by atoms with Crippen molar-refractivity contribution in [2.24, 2.45) is 7.05 Å². The number of morpholine rings is 1. The Kier molecular flexibility index (Phi) is 7.02. The Morgan fingerprint density at radius 1 is 1.19 bits per heavy atom. The molecule has 0 unspecified atom stereocenters. The van der Waals surface area contributed by atoms with E-state index in [1.807, 2.05) is 17.8 Å². The third kappa shape index (κ3) is 5.08. The molecule has 0 atom stereocenters. The van der Waals surface area contributed by atoms with Crippen molar-refractivity contribution in [3.05, 3.63) is 65.4 Å². The predicted octanol–water partition coefficient (Wildman–Crippen LogP) is 4.00. The van der Waals surface area contributed by atoms with Crippen molar-refractivity contribution in [3.63, 3.8) is 0 Å². The zero-order valence-corrected chi connectivity index (χ0v) is 18.8. The molecular weight excluding hydrogens is 409 g/mol. The van der Waals surface area contributed by atoms with Crippen molar-refractivity contribution in [3.8, 4) is 11.5 Å². The number of rotatable bonds is 8. The molecule has 1 N–H and O–H groups in total. The van der Waals surface area contributed by atoms with Crippen molar-refractivity contribution < 1.29 is 13.9 Å². The first-order valence-corrected chi connectivity index (χ1v) is 11.0. The van der Waals surface area contributed by atoms with Crippen LogP contribution < -0.4 is 15.0 Å². The summed E-state index contributed by atoms with van der Waals surface area (Å²) < 4.78 is 27.6. The topological polar surface area (TPSA) is 64.4 Å². The maximum atomic E-state index is 14.6. The van der Waals surface area contributed by atoms with E-state index in [2.05, 4.69) is 29.0 Å². The van der Waals surface area contributed by atoms with Gasteiger partial charge in [-0.15, -0.1) is 0 Å². The molecule has 1 aliphatic rings. The molecule has 3 heterocycles. The highest BCUT2D eigenvalue weighted by Crippen LogP contribution is 2.29. The summed E-state index contributed by atoms with van der Waals surface area (Å²) in [6.07, 6.45) is 3.20. The molecule has 4 rings (SSSR count). The number of anilines is 1. The quantitative estimate of drug-likeness (QED) is 0.573. The van der Waals surface area contributed by atoms with Gasteiger partial charge in [0.15, 0.2) is 11.6 Å². The number of pyridine rings is 1. The van der Waals surface area contributed by atoms with Crippen LogP contribution in [0.25, 0.3) is 0 Å². The van der Waals surface area contributed by atoms with E-state index in [9.17, 15) is 4.39 Å². The summed E-state index contributed by atoms with van der Waals surface area (Å²) in [5, 5.41) is 8.26. The van der Waals surface area contributed by atoms with Crippen molar-refractivity contribution >= 4 is 5.82 Å². The molecule has 1 fully saturated rings. The monoisotopic (exact) mass is 439 g/mol. The number of nitrogens with zero attached hydrogens (tertiary/aromatic N) is 4. The molecule has 1 saturated heterocycles. The van der Waals surface area contributed by atoms with Gasteiger partial charge in [0.1, 0.15) is 11.6 Å². The predicted molar refractivity (Wildman–Crippen MR) is 122 cm³/mol. The van der Waals surface area contributed by atoms with Crippen LogP contribution >= 0.6 is 0 Å². The molecule has 0 amide bonds. The highest BCUT2D eigenvalue weighted by Gasteiger charge is 2.24. The van der Waals surface area contributed by atoms with E-state index in [4.69, 9.17) is 14.6 Å². The molecule has 2 aromatic heterocycles. The minimum absolute atomic E-state index is 0.186. The molecule has 32 heavy (non-hydrogen) atoms. The number of halogens is 1. The fourth-order valence-corrected chi connectivity index (χ4v) is 3.99. The van der Waals surface area contributed by atoms with Crippen molar-refractivity contribution in [2.75, 3.05) is 31.2 Å². The number of aromatic nitrogens is 3. The van der Waals surface area contributed by atoms with Crippen LogP contribution in [-0.4, -0.2) is 41.1 Å². The maximum absolute atomic E-state index is 14.6. The van der Waals surface area contributed by atoms with Gasteiger partial charge in [0.05, 0.1) is 25.1 Å². The lowest BCUT2D eigenvalue weighted by atomic mass is 10.0. The average Bonchev–Trinajstić information content (AvgIpc) is 3.13. The molecule has 0 saturated carbocycles. The third-order valence-corrected chi connectivity index (χ3v) is 5.49. The summed E-state index contributed by atoms with van der Waals surface area (Å²) in [5.41, 5.74) is 3.14. The number of aryl methyl sites for hydroxylation is 1. The fourth-order valence-electron chi connectivity index (χ4n) is 3.99. The van der Waals surface area contributed by atoms with Crippen LogP contribution in [0.3, 0.4) is 0 Å². The largest absolute Gasteiger partial charge is 0.453 e. The van der Waals surface area contributed by atoms with E-state index >= 15 is 0 Å². The van der Waals surface area contributed by atoms with Crippen molar-refractivity contribution in [1.82, 2.24) is 20.1 Å². The van der Waals surface area contributed by atoms with Gasteiger partial charge in [0, 0.05) is 45.0 Å². The molecule has 0 radical (unpaired) electrons. The number of ether oxygens (including phenoxy) is 2. The van der Waals surface area contributed by atoms with E-state index in [0.29, 0.717) is 24.8 Å². The normalized spacial score (nSPS) is 14.2. The SMILES string of the molecule is CC(C)c1nn(C)c(N2CCOCC2)c1CNCc1ccc(Oc2cccnc2)c(F)c1. The molecule has 1 aromatic carbocycles. The number of nitrogens with one attached hydrogen (secondary N) is 1. The molecule has 7 nitrogen and oxygen atoms in total. The Labute approximate surface area is 188 Å². The summed E-state index contributed by atoms with van der Waals surface area (Å²) in [6.45, 7) is 8.67. The Morgan fingerprint density at radius 2 is 2.00 bits per heavy atom. The van der Waals surface area contributed by atoms with Gasteiger partial charge >= 0.3 is 0 Å². The number of benzene rings is 1. The Morgan fingerprint density at radius 3 is 2.69 bits per heavy atom. The summed E-state index contributed by atoms with van der Waals surface area (Å²) in [4.78, 5) is 6.32. The van der Waals surface area contributed by atoms with E-state index in [1.54, 1.807) is 30.6 Å². The standard InChI is InChI=1S/C24H30FN5O2/c1-17(2)23-20(24(29(3)28-23)30-9-11-31-12-10-30)16-27-14-18-6-7-22(21(25)13-18)32-19-5-4-8-26-15-19/h4-8,13,15,17,27H,9-12,14,16H2,1-3H3. The minimum Gasteiger partial charge on any atom is -0.453 e. The Hall–Kier alpha value is -2.97. The molecule has 170 valence electrons. The number of hydrogen-bond acceptors (Lipinski definition) is 6. The summed E-state index contributed by atoms with van der Waals surface area (Å²) in [6, 6.07) is 8.53. The molecule has 0 aliphatic carbocycles. The number of hydrogen-bond donors (Lipinski definition) is 1. The van der Waals surface area contributed by atoms with Gasteiger partial charge in [-0.2, -0.15) is 5.10 Å². The zero-order chi connectivity index (χ0) is 22.5. The van der Waals surface area contributed by atoms with Gasteiger partial charge < -0.3 is 19.7 Å². The second-order valence-electron chi connectivity index (χ2n) is 8.22. The summed E-state index contributed by atoms with van der Waals surface area (Å²) in [5.74, 6) is 1.74. The Bertz CT molecular complexity index is 1030. The van der Waals surface area contributed by atoms with Crippen LogP contribution in [0, 0.1) is 5.82 Å². The lowest BCUT2D eigenvalue weighted by Crippen LogP contribution is -2.38. The van der Waals surface area contributed by atoms with Gasteiger partial charge in [-0.05, 0) is 35.7 Å². The second kappa shape index (κ2) is 10.1. The van der Waals surface area contributed by atoms with Crippen LogP contribution in [0.1, 0.15) is 36.6 Å². The van der Waals surface area contributed by atoms with E-state index in [1.165, 1.54) is 11.6 Å². The second-order valence-corrected chi connectivity index (χ2v) is 8.22. The molecule has 3 aromatic rings. The van der Waals surface area contributed by atoms with Crippen molar-refractivity contribution in [2.45, 2.75) is 32.9 Å². The summed E-state index contributed by atoms with van der Waals surface area (Å²) >= 11 is 0. The van der Waals surface area contributed by atoms with Gasteiger partial charge in [-0.1, -0.05) is 19.9 Å². The first-order chi connectivity index (χ1) is 15.5. The van der Waals surface area contributed by atoms with E-state index in [0.717, 1.165) is 43.4 Å². The highest BCUT2D eigenvalue weighted by atomic mass is 19.1. The van der Waals surface area contributed by atoms with Crippen LogP contribution in [-0.2, 0) is 24.9 Å². The van der Waals surface area contributed by atoms with Gasteiger partial charge in [0.2, 0.25) is 0 Å². The van der Waals surface area contributed by atoms with Crippen LogP contribution in [0.5, 0.6) is 11.5 Å². The molecule has 8 heteroatoms. The van der Waals surface area contributed by atoms with Crippen LogP contribution in [0.15, 0.2) is 42.7 Å². The van der Waals surface area contributed by atoms with Gasteiger partial charge in [-0.25, -0.2) is 4.39 Å². The van der Waals surface area contributed by atoms with Crippen LogP contribution in [0.4, 0.5) is 10.2 Å². The summed E-state index contributed by atoms with van der Waals surface area (Å²) in [7, 11) is 2.00. The van der Waals surface area contributed by atoms with E-state index < -0.39 is 5.82 Å². The fraction of sp³-hybridized carbons (Fsp3) is 0.417. The van der Waals surface area contributed by atoms with Crippen molar-refractivity contribution in [1.29, 1.82) is 0 Å². The van der Waals surface area contributed by atoms with Gasteiger partial charge in [0.25, 0.3) is 0 Å². The van der Waals surface area contributed by atoms with Crippen LogP contribution in [0.2, 0.25) is 0 Å². The molecule has 1 aliphatic heterocycles. The first kappa shape index (κ1) is 22.2. The maximum Gasteiger partial charge on any atom is 0.166 e. The first-order valence-electron chi connectivity index (χ1n) is 11.0. The lowest BCUT2D eigenvalue weighted by molar-refractivity contribution is 0.122. The Balaban J connectivity index is 1.44. The molecule has 0 bridgehead atoms. The minimum atomic E-state index is -0.397. The average molecular weight is 440 g/mol. The zero-order valence-electron chi connectivity index (χ0n) is 18.8. The van der Waals surface area contributed by atoms with Gasteiger partial charge in [-0.3, -0.25) is 9.67 Å². The highest BCUT2D eigenvalue weighted by molar-refractivity contribution is 5.51. The smallest absolute Gasteiger partial charge is 0.166 e. The lowest BCUT2D eigenvalue weighted by Gasteiger charge is -2.29.